The molecule has 2 heterocycles. The second-order valence-electron chi connectivity index (χ2n) is 7.71. The highest BCUT2D eigenvalue weighted by Gasteiger charge is 2.30. The lowest BCUT2D eigenvalue weighted by atomic mass is 9.85. The van der Waals surface area contributed by atoms with Gasteiger partial charge in [-0.1, -0.05) is 0 Å². The standard InChI is InChI=1S/C21H22N2O4S/c1-20(2,18(24)25)13-7-8-22-16(11-13)17-10-12-9-14(5-6-15(12)23-17)28-21(3,4)19(26)27/h5-11,23H,1-4H3,(H,24,25)(H,26,27). The van der Waals surface area contributed by atoms with Gasteiger partial charge in [-0.25, -0.2) is 0 Å². The maximum absolute atomic E-state index is 11.5. The number of benzene rings is 1. The maximum atomic E-state index is 11.5. The van der Waals surface area contributed by atoms with Crippen molar-refractivity contribution in [3.63, 3.8) is 0 Å². The monoisotopic (exact) mass is 398 g/mol. The van der Waals surface area contributed by atoms with E-state index in [0.717, 1.165) is 21.5 Å². The molecule has 3 rings (SSSR count). The Balaban J connectivity index is 1.97. The number of nitrogens with one attached hydrogen (secondary N) is 1. The van der Waals surface area contributed by atoms with Crippen molar-refractivity contribution in [3.8, 4) is 11.4 Å². The molecule has 0 saturated carbocycles. The molecule has 1 aromatic carbocycles. The molecular weight excluding hydrogens is 376 g/mol. The summed E-state index contributed by atoms with van der Waals surface area (Å²) < 4.78 is -0.925. The van der Waals surface area contributed by atoms with Crippen LogP contribution >= 0.6 is 11.8 Å². The molecule has 0 amide bonds. The van der Waals surface area contributed by atoms with Gasteiger partial charge in [-0.2, -0.15) is 0 Å². The van der Waals surface area contributed by atoms with Crippen LogP contribution in [0.1, 0.15) is 33.3 Å². The molecule has 0 radical (unpaired) electrons. The van der Waals surface area contributed by atoms with Crippen molar-refractivity contribution in [1.82, 2.24) is 9.97 Å². The molecule has 3 N–H and O–H groups in total. The van der Waals surface area contributed by atoms with Crippen molar-refractivity contribution < 1.29 is 19.8 Å². The van der Waals surface area contributed by atoms with Gasteiger partial charge >= 0.3 is 11.9 Å². The number of carboxylic acids is 2. The molecule has 0 aliphatic rings. The van der Waals surface area contributed by atoms with Gasteiger partial charge in [0.15, 0.2) is 0 Å². The zero-order valence-electron chi connectivity index (χ0n) is 16.1. The van der Waals surface area contributed by atoms with Crippen molar-refractivity contribution >= 4 is 34.6 Å². The second kappa shape index (κ2) is 6.98. The van der Waals surface area contributed by atoms with Gasteiger partial charge in [0, 0.05) is 22.0 Å². The van der Waals surface area contributed by atoms with Crippen LogP contribution in [0.2, 0.25) is 0 Å². The average Bonchev–Trinajstić information content (AvgIpc) is 3.04. The minimum Gasteiger partial charge on any atom is -0.481 e. The van der Waals surface area contributed by atoms with Gasteiger partial charge < -0.3 is 15.2 Å². The van der Waals surface area contributed by atoms with Crippen LogP contribution in [-0.2, 0) is 15.0 Å². The Morgan fingerprint density at radius 1 is 1.00 bits per heavy atom. The Morgan fingerprint density at radius 3 is 2.36 bits per heavy atom. The Labute approximate surface area is 167 Å². The average molecular weight is 398 g/mol. The lowest BCUT2D eigenvalue weighted by Crippen LogP contribution is -2.28. The fraction of sp³-hybridized carbons (Fsp3) is 0.286. The fourth-order valence-corrected chi connectivity index (χ4v) is 3.74. The summed E-state index contributed by atoms with van der Waals surface area (Å²) >= 11 is 1.29. The number of thioether (sulfide) groups is 1. The van der Waals surface area contributed by atoms with Gasteiger partial charge in [-0.05, 0) is 69.7 Å². The Hall–Kier alpha value is -2.80. The first kappa shape index (κ1) is 19.9. The van der Waals surface area contributed by atoms with Crippen molar-refractivity contribution in [2.24, 2.45) is 0 Å². The number of carbonyl (C=O) groups is 2. The van der Waals surface area contributed by atoms with E-state index in [9.17, 15) is 19.8 Å². The second-order valence-corrected chi connectivity index (χ2v) is 9.41. The van der Waals surface area contributed by atoms with E-state index < -0.39 is 22.1 Å². The molecule has 6 nitrogen and oxygen atoms in total. The number of nitrogens with zero attached hydrogens (tertiary/aromatic N) is 1. The lowest BCUT2D eigenvalue weighted by molar-refractivity contribution is -0.142. The first-order chi connectivity index (χ1) is 13.0. The SMILES string of the molecule is CC(C)(Sc1ccc2[nH]c(-c3cc(C(C)(C)C(=O)O)ccn3)cc2c1)C(=O)O. The number of carboxylic acid groups (broad SMARTS) is 2. The predicted octanol–water partition coefficient (Wildman–Crippen LogP) is 4.55. The van der Waals surface area contributed by atoms with E-state index in [1.165, 1.54) is 11.8 Å². The lowest BCUT2D eigenvalue weighted by Gasteiger charge is -2.19. The predicted molar refractivity (Wildman–Crippen MR) is 110 cm³/mol. The Kier molecular flexibility index (Phi) is 4.97. The third kappa shape index (κ3) is 3.75. The van der Waals surface area contributed by atoms with Gasteiger partial charge in [0.2, 0.25) is 0 Å². The van der Waals surface area contributed by atoms with Gasteiger partial charge in [0.05, 0.1) is 16.8 Å². The van der Waals surface area contributed by atoms with E-state index >= 15 is 0 Å². The van der Waals surface area contributed by atoms with E-state index in [0.29, 0.717) is 11.3 Å². The molecule has 0 spiro atoms. The van der Waals surface area contributed by atoms with Crippen LogP contribution in [0.5, 0.6) is 0 Å². The molecule has 0 aliphatic heterocycles. The van der Waals surface area contributed by atoms with Crippen LogP contribution in [0.3, 0.4) is 0 Å². The smallest absolute Gasteiger partial charge is 0.319 e. The number of aliphatic carboxylic acids is 2. The van der Waals surface area contributed by atoms with Crippen LogP contribution in [0.15, 0.2) is 47.5 Å². The Morgan fingerprint density at radius 2 is 1.71 bits per heavy atom. The third-order valence-corrected chi connectivity index (χ3v) is 5.95. The summed E-state index contributed by atoms with van der Waals surface area (Å²) in [5.74, 6) is -1.77. The number of pyridine rings is 1. The largest absolute Gasteiger partial charge is 0.481 e. The third-order valence-electron chi connectivity index (χ3n) is 4.77. The zero-order valence-corrected chi connectivity index (χ0v) is 16.9. The number of hydrogen-bond acceptors (Lipinski definition) is 4. The van der Waals surface area contributed by atoms with Gasteiger partial charge in [-0.15, -0.1) is 11.8 Å². The number of aromatic amines is 1. The molecule has 0 bridgehead atoms. The number of hydrogen-bond donors (Lipinski definition) is 3. The minimum absolute atomic E-state index is 0.656. The van der Waals surface area contributed by atoms with Crippen molar-refractivity contribution in [2.45, 2.75) is 42.8 Å². The van der Waals surface area contributed by atoms with Crippen molar-refractivity contribution in [2.75, 3.05) is 0 Å². The number of rotatable bonds is 6. The summed E-state index contributed by atoms with van der Waals surface area (Å²) in [6, 6.07) is 11.2. The van der Waals surface area contributed by atoms with Crippen LogP contribution in [-0.4, -0.2) is 36.9 Å². The number of fused-ring (bicyclic) bond motifs is 1. The van der Waals surface area contributed by atoms with Crippen LogP contribution in [0.4, 0.5) is 0 Å². The molecule has 0 aliphatic carbocycles. The highest BCUT2D eigenvalue weighted by molar-refractivity contribution is 8.01. The fourth-order valence-electron chi connectivity index (χ4n) is 2.74. The highest BCUT2D eigenvalue weighted by atomic mass is 32.2. The summed E-state index contributed by atoms with van der Waals surface area (Å²) in [6.45, 7) is 6.67. The van der Waals surface area contributed by atoms with Gasteiger partial charge in [-0.3, -0.25) is 14.6 Å². The van der Waals surface area contributed by atoms with Gasteiger partial charge in [0.1, 0.15) is 4.75 Å². The molecule has 3 aromatic rings. The maximum Gasteiger partial charge on any atom is 0.319 e. The summed E-state index contributed by atoms with van der Waals surface area (Å²) in [7, 11) is 0. The molecule has 0 fully saturated rings. The highest BCUT2D eigenvalue weighted by Crippen LogP contribution is 2.35. The minimum atomic E-state index is -1.02. The normalized spacial score (nSPS) is 12.3. The number of H-pyrrole nitrogens is 1. The molecule has 0 saturated heterocycles. The molecule has 146 valence electrons. The first-order valence-corrected chi connectivity index (χ1v) is 9.58. The van der Waals surface area contributed by atoms with Crippen LogP contribution in [0, 0.1) is 0 Å². The van der Waals surface area contributed by atoms with E-state index in [2.05, 4.69) is 9.97 Å². The summed E-state index contributed by atoms with van der Waals surface area (Å²) in [5.41, 5.74) is 1.98. The Bertz CT molecular complexity index is 1070. The van der Waals surface area contributed by atoms with E-state index in [1.54, 1.807) is 46.0 Å². The van der Waals surface area contributed by atoms with E-state index in [1.807, 2.05) is 24.3 Å². The van der Waals surface area contributed by atoms with Crippen LogP contribution < -0.4 is 0 Å². The summed E-state index contributed by atoms with van der Waals surface area (Å²) in [5, 5.41) is 19.7. The molecule has 0 atom stereocenters. The van der Waals surface area contributed by atoms with Crippen molar-refractivity contribution in [1.29, 1.82) is 0 Å². The topological polar surface area (TPSA) is 103 Å². The molecule has 2 aromatic heterocycles. The molecule has 0 unspecified atom stereocenters. The molecule has 28 heavy (non-hydrogen) atoms. The van der Waals surface area contributed by atoms with Crippen molar-refractivity contribution in [3.05, 3.63) is 48.2 Å². The quantitative estimate of drug-likeness (QED) is 0.527. The summed E-state index contributed by atoms with van der Waals surface area (Å²) in [6.07, 6.45) is 1.61. The van der Waals surface area contributed by atoms with E-state index in [-0.39, 0.29) is 0 Å². The molecule has 7 heteroatoms. The zero-order chi connectivity index (χ0) is 20.7. The molecular formula is C21H22N2O4S. The summed E-state index contributed by atoms with van der Waals surface area (Å²) in [4.78, 5) is 31.4. The van der Waals surface area contributed by atoms with Crippen LogP contribution in [0.25, 0.3) is 22.3 Å². The number of aromatic nitrogens is 2. The van der Waals surface area contributed by atoms with E-state index in [4.69, 9.17) is 0 Å². The van der Waals surface area contributed by atoms with Gasteiger partial charge in [0.25, 0.3) is 0 Å². The first-order valence-electron chi connectivity index (χ1n) is 8.76.